The molecule has 1 saturated carbocycles. The van der Waals surface area contributed by atoms with Crippen molar-refractivity contribution in [2.75, 3.05) is 31.4 Å². The third-order valence-electron chi connectivity index (χ3n) is 5.75. The van der Waals surface area contributed by atoms with E-state index in [2.05, 4.69) is 32.8 Å². The smallest absolute Gasteiger partial charge is 0.256 e. The summed E-state index contributed by atoms with van der Waals surface area (Å²) in [7, 11) is 3.18. The number of carbonyl (C=O) groups is 1. The van der Waals surface area contributed by atoms with Crippen molar-refractivity contribution in [2.24, 2.45) is 0 Å². The van der Waals surface area contributed by atoms with Gasteiger partial charge in [0.1, 0.15) is 22.9 Å². The van der Waals surface area contributed by atoms with Gasteiger partial charge in [-0.25, -0.2) is 4.98 Å². The molecular weight excluding hydrogens is 422 g/mol. The van der Waals surface area contributed by atoms with E-state index in [9.17, 15) is 9.90 Å². The van der Waals surface area contributed by atoms with E-state index >= 15 is 0 Å². The lowest BCUT2D eigenvalue weighted by Gasteiger charge is -2.27. The molecule has 1 aliphatic carbocycles. The Hall–Kier alpha value is -3.07. The van der Waals surface area contributed by atoms with E-state index in [0.717, 1.165) is 50.6 Å². The average Bonchev–Trinajstić information content (AvgIpc) is 2.84. The fourth-order valence-corrected chi connectivity index (χ4v) is 3.78. The molecule has 180 valence electrons. The summed E-state index contributed by atoms with van der Waals surface area (Å²) in [4.78, 5) is 22.0. The summed E-state index contributed by atoms with van der Waals surface area (Å²) in [6.07, 6.45) is 6.53. The number of benzene rings is 1. The van der Waals surface area contributed by atoms with Crippen LogP contribution in [0.25, 0.3) is 0 Å². The van der Waals surface area contributed by atoms with Crippen molar-refractivity contribution < 1.29 is 19.4 Å². The maximum absolute atomic E-state index is 13.1. The third-order valence-corrected chi connectivity index (χ3v) is 5.75. The summed E-state index contributed by atoms with van der Waals surface area (Å²) in [6.45, 7) is 3.20. The van der Waals surface area contributed by atoms with Crippen LogP contribution in [0.5, 0.6) is 11.5 Å². The number of carbonyl (C=O) groups excluding carboxylic acids is 1. The summed E-state index contributed by atoms with van der Waals surface area (Å²) in [5.41, 5.74) is 1.24. The topological polar surface area (TPSA) is 118 Å². The molecule has 1 amide bonds. The monoisotopic (exact) mass is 457 g/mol. The molecule has 4 N–H and O–H groups in total. The van der Waals surface area contributed by atoms with Gasteiger partial charge in [0.2, 0.25) is 5.95 Å². The van der Waals surface area contributed by atoms with Gasteiger partial charge >= 0.3 is 0 Å². The number of aliphatic hydroxyl groups excluding tert-OH is 1. The first-order chi connectivity index (χ1) is 16.0. The lowest BCUT2D eigenvalue weighted by Crippen LogP contribution is -2.31. The number of hydrogen-bond acceptors (Lipinski definition) is 8. The van der Waals surface area contributed by atoms with Gasteiger partial charge in [-0.1, -0.05) is 13.3 Å². The molecule has 1 aliphatic rings. The Morgan fingerprint density at radius 2 is 1.82 bits per heavy atom. The maximum Gasteiger partial charge on any atom is 0.256 e. The minimum Gasteiger partial charge on any atom is -0.497 e. The van der Waals surface area contributed by atoms with Gasteiger partial charge in [-0.05, 0) is 49.8 Å². The van der Waals surface area contributed by atoms with E-state index in [1.165, 1.54) is 0 Å². The standard InChI is InChI=1S/C24H35N5O4/c1-4-5-10-25-24-27-15-21(22(29-24)28-17-6-8-18(30)9-7-17)23(31)26-14-16-11-19(32-2)13-20(12-16)33-3/h11-13,15,17-18,30H,4-10,14H2,1-3H3,(H,26,31)(H2,25,27,28,29). The minimum absolute atomic E-state index is 0.154. The number of aliphatic hydroxyl groups is 1. The summed E-state index contributed by atoms with van der Waals surface area (Å²) in [5, 5.41) is 19.4. The van der Waals surface area contributed by atoms with Crippen molar-refractivity contribution in [3.05, 3.63) is 35.5 Å². The molecule has 1 aromatic heterocycles. The molecule has 0 unspecified atom stereocenters. The number of aromatic nitrogens is 2. The van der Waals surface area contributed by atoms with Crippen LogP contribution < -0.4 is 25.4 Å². The number of amides is 1. The van der Waals surface area contributed by atoms with Crippen molar-refractivity contribution in [2.45, 2.75) is 64.1 Å². The first-order valence-corrected chi connectivity index (χ1v) is 11.6. The summed E-state index contributed by atoms with van der Waals surface area (Å²) >= 11 is 0. The second-order valence-electron chi connectivity index (χ2n) is 8.29. The Labute approximate surface area is 195 Å². The van der Waals surface area contributed by atoms with Crippen molar-refractivity contribution >= 4 is 17.7 Å². The van der Waals surface area contributed by atoms with E-state index in [1.807, 2.05) is 12.1 Å². The van der Waals surface area contributed by atoms with E-state index in [4.69, 9.17) is 9.47 Å². The van der Waals surface area contributed by atoms with Crippen LogP contribution in [-0.2, 0) is 6.54 Å². The predicted octanol–water partition coefficient (Wildman–Crippen LogP) is 3.35. The Morgan fingerprint density at radius 1 is 1.12 bits per heavy atom. The van der Waals surface area contributed by atoms with Crippen molar-refractivity contribution in [1.29, 1.82) is 0 Å². The molecular formula is C24H35N5O4. The quantitative estimate of drug-likeness (QED) is 0.380. The van der Waals surface area contributed by atoms with Gasteiger partial charge in [-0.2, -0.15) is 4.98 Å². The fraction of sp³-hybridized carbons (Fsp3) is 0.542. The van der Waals surface area contributed by atoms with E-state index in [0.29, 0.717) is 35.4 Å². The molecule has 0 saturated heterocycles. The first kappa shape index (κ1) is 24.6. The minimum atomic E-state index is -0.268. The second kappa shape index (κ2) is 12.2. The van der Waals surface area contributed by atoms with Gasteiger partial charge in [0, 0.05) is 31.4 Å². The zero-order valence-corrected chi connectivity index (χ0v) is 19.7. The van der Waals surface area contributed by atoms with Crippen LogP contribution in [0.3, 0.4) is 0 Å². The van der Waals surface area contributed by atoms with Gasteiger partial charge in [0.05, 0.1) is 20.3 Å². The highest BCUT2D eigenvalue weighted by Gasteiger charge is 2.22. The SMILES string of the molecule is CCCCNc1ncc(C(=O)NCc2cc(OC)cc(OC)c2)c(NC2CCC(O)CC2)n1. The number of ether oxygens (including phenoxy) is 2. The number of hydrogen-bond donors (Lipinski definition) is 4. The number of unbranched alkanes of at least 4 members (excludes halogenated alkanes) is 1. The molecule has 0 atom stereocenters. The number of anilines is 2. The Morgan fingerprint density at radius 3 is 2.45 bits per heavy atom. The normalized spacial score (nSPS) is 17.8. The summed E-state index contributed by atoms with van der Waals surface area (Å²) < 4.78 is 10.6. The number of nitrogens with zero attached hydrogens (tertiary/aromatic N) is 2. The fourth-order valence-electron chi connectivity index (χ4n) is 3.78. The summed E-state index contributed by atoms with van der Waals surface area (Å²) in [5.74, 6) is 2.05. The van der Waals surface area contributed by atoms with E-state index in [1.54, 1.807) is 26.5 Å². The Balaban J connectivity index is 1.74. The molecule has 1 fully saturated rings. The van der Waals surface area contributed by atoms with Gasteiger partial charge in [-0.3, -0.25) is 4.79 Å². The van der Waals surface area contributed by atoms with Crippen molar-refractivity contribution in [3.63, 3.8) is 0 Å². The van der Waals surface area contributed by atoms with Crippen molar-refractivity contribution in [3.8, 4) is 11.5 Å². The van der Waals surface area contributed by atoms with Crippen LogP contribution in [0.15, 0.2) is 24.4 Å². The lowest BCUT2D eigenvalue weighted by atomic mass is 9.93. The van der Waals surface area contributed by atoms with Crippen LogP contribution in [0, 0.1) is 0 Å². The molecule has 1 heterocycles. The molecule has 0 bridgehead atoms. The average molecular weight is 458 g/mol. The third kappa shape index (κ3) is 7.21. The predicted molar refractivity (Wildman–Crippen MR) is 128 cm³/mol. The Kier molecular flexibility index (Phi) is 9.12. The Bertz CT molecular complexity index is 893. The van der Waals surface area contributed by atoms with Crippen LogP contribution in [-0.4, -0.2) is 53.9 Å². The van der Waals surface area contributed by atoms with Gasteiger partial charge in [-0.15, -0.1) is 0 Å². The molecule has 0 aliphatic heterocycles. The molecule has 9 nitrogen and oxygen atoms in total. The summed E-state index contributed by atoms with van der Waals surface area (Å²) in [6, 6.07) is 5.65. The van der Waals surface area contributed by atoms with E-state index in [-0.39, 0.29) is 18.1 Å². The number of nitrogens with one attached hydrogen (secondary N) is 3. The largest absolute Gasteiger partial charge is 0.497 e. The molecule has 0 radical (unpaired) electrons. The van der Waals surface area contributed by atoms with Crippen LogP contribution in [0.1, 0.15) is 61.4 Å². The van der Waals surface area contributed by atoms with Gasteiger partial charge in [0.15, 0.2) is 0 Å². The molecule has 0 spiro atoms. The van der Waals surface area contributed by atoms with Crippen LogP contribution in [0.4, 0.5) is 11.8 Å². The molecule has 3 rings (SSSR count). The molecule has 2 aromatic rings. The molecule has 9 heteroatoms. The van der Waals surface area contributed by atoms with Crippen LogP contribution >= 0.6 is 0 Å². The highest BCUT2D eigenvalue weighted by Crippen LogP contribution is 2.25. The molecule has 1 aromatic carbocycles. The number of methoxy groups -OCH3 is 2. The highest BCUT2D eigenvalue weighted by atomic mass is 16.5. The lowest BCUT2D eigenvalue weighted by molar-refractivity contribution is 0.0950. The zero-order valence-electron chi connectivity index (χ0n) is 19.7. The second-order valence-corrected chi connectivity index (χ2v) is 8.29. The van der Waals surface area contributed by atoms with Crippen LogP contribution in [0.2, 0.25) is 0 Å². The molecule has 33 heavy (non-hydrogen) atoms. The van der Waals surface area contributed by atoms with Gasteiger partial charge in [0.25, 0.3) is 5.91 Å². The number of rotatable bonds is 11. The zero-order chi connectivity index (χ0) is 23.6. The van der Waals surface area contributed by atoms with Crippen molar-refractivity contribution in [1.82, 2.24) is 15.3 Å². The first-order valence-electron chi connectivity index (χ1n) is 11.6. The highest BCUT2D eigenvalue weighted by molar-refractivity contribution is 5.98. The maximum atomic E-state index is 13.1. The van der Waals surface area contributed by atoms with E-state index < -0.39 is 0 Å². The van der Waals surface area contributed by atoms with Gasteiger partial charge < -0.3 is 30.5 Å².